The fourth-order valence-corrected chi connectivity index (χ4v) is 2.81. The maximum atomic E-state index is 13.6. The number of benzene rings is 2. The lowest BCUT2D eigenvalue weighted by molar-refractivity contribution is 0.297. The monoisotopic (exact) mass is 348 g/mol. The van der Waals surface area contributed by atoms with E-state index in [1.807, 2.05) is 0 Å². The maximum absolute atomic E-state index is 13.6. The van der Waals surface area contributed by atoms with E-state index in [0.29, 0.717) is 11.3 Å². The Morgan fingerprint density at radius 2 is 1.95 bits per heavy atom. The summed E-state index contributed by atoms with van der Waals surface area (Å²) >= 11 is 5.90. The largest absolute Gasteiger partial charge is 0.488 e. The van der Waals surface area contributed by atoms with Crippen LogP contribution < -0.4 is 4.74 Å². The Kier molecular flexibility index (Phi) is 4.76. The van der Waals surface area contributed by atoms with Gasteiger partial charge < -0.3 is 4.74 Å². The summed E-state index contributed by atoms with van der Waals surface area (Å²) in [4.78, 5) is -0.0158. The molecule has 0 saturated heterocycles. The summed E-state index contributed by atoms with van der Waals surface area (Å²) in [6.07, 6.45) is 0. The van der Waals surface area contributed by atoms with Crippen molar-refractivity contribution in [3.63, 3.8) is 0 Å². The number of aryl methyl sites for hydroxylation is 1. The molecule has 7 heteroatoms. The molecule has 0 atom stereocenters. The van der Waals surface area contributed by atoms with Crippen molar-refractivity contribution in [1.29, 1.82) is 0 Å². The van der Waals surface area contributed by atoms with Gasteiger partial charge in [0.1, 0.15) is 18.2 Å². The lowest BCUT2D eigenvalue weighted by Crippen LogP contribution is -2.01. The molecule has 0 N–H and O–H groups in total. The van der Waals surface area contributed by atoms with E-state index < -0.39 is 14.9 Å². The van der Waals surface area contributed by atoms with Gasteiger partial charge in [-0.05, 0) is 42.8 Å². The molecule has 2 rings (SSSR count). The number of hydrogen-bond donors (Lipinski definition) is 0. The fourth-order valence-electron chi connectivity index (χ4n) is 1.76. The van der Waals surface area contributed by atoms with Crippen molar-refractivity contribution in [2.75, 3.05) is 0 Å². The van der Waals surface area contributed by atoms with E-state index in [1.165, 1.54) is 30.3 Å². The number of halogens is 3. The third-order valence-electron chi connectivity index (χ3n) is 2.86. The molecule has 0 bridgehead atoms. The normalized spacial score (nSPS) is 11.4. The first-order valence-electron chi connectivity index (χ1n) is 5.90. The van der Waals surface area contributed by atoms with E-state index in [9.17, 15) is 12.8 Å². The van der Waals surface area contributed by atoms with Crippen LogP contribution in [-0.2, 0) is 15.7 Å². The van der Waals surface area contributed by atoms with Crippen LogP contribution in [0.4, 0.5) is 4.39 Å². The van der Waals surface area contributed by atoms with E-state index in [2.05, 4.69) is 0 Å². The lowest BCUT2D eigenvalue weighted by atomic mass is 10.2. The molecule has 0 aliphatic heterocycles. The van der Waals surface area contributed by atoms with Gasteiger partial charge in [0.2, 0.25) is 0 Å². The summed E-state index contributed by atoms with van der Waals surface area (Å²) < 4.78 is 41.5. The molecule has 0 amide bonds. The molecule has 0 aliphatic carbocycles. The zero-order chi connectivity index (χ0) is 15.6. The van der Waals surface area contributed by atoms with Crippen LogP contribution in [0, 0.1) is 12.7 Å². The molecule has 0 radical (unpaired) electrons. The van der Waals surface area contributed by atoms with Crippen molar-refractivity contribution in [3.8, 4) is 5.75 Å². The van der Waals surface area contributed by atoms with Crippen molar-refractivity contribution >= 4 is 31.3 Å². The second-order valence-electron chi connectivity index (χ2n) is 4.35. The Hall–Kier alpha value is -1.30. The number of rotatable bonds is 4. The van der Waals surface area contributed by atoms with Crippen LogP contribution in [0.3, 0.4) is 0 Å². The van der Waals surface area contributed by atoms with Gasteiger partial charge in [0, 0.05) is 16.2 Å². The van der Waals surface area contributed by atoms with Gasteiger partial charge in [-0.25, -0.2) is 12.8 Å². The summed E-state index contributed by atoms with van der Waals surface area (Å²) in [5.74, 6) is -0.0292. The quantitative estimate of drug-likeness (QED) is 0.774. The molecule has 112 valence electrons. The molecule has 0 heterocycles. The summed E-state index contributed by atoms with van der Waals surface area (Å²) in [6, 6.07) is 8.56. The minimum Gasteiger partial charge on any atom is -0.488 e. The SMILES string of the molecule is Cc1cc(S(=O)(=O)Cl)ccc1OCc1c(F)cccc1Cl. The molecule has 0 aliphatic rings. The zero-order valence-corrected chi connectivity index (χ0v) is 13.3. The molecule has 0 unspecified atom stereocenters. The predicted molar refractivity (Wildman–Crippen MR) is 80.0 cm³/mol. The van der Waals surface area contributed by atoms with Gasteiger partial charge in [-0.2, -0.15) is 0 Å². The molecule has 0 saturated carbocycles. The minimum absolute atomic E-state index is 0.0158. The summed E-state index contributed by atoms with van der Waals surface area (Å²) in [5.41, 5.74) is 0.816. The first-order valence-corrected chi connectivity index (χ1v) is 8.59. The Morgan fingerprint density at radius 3 is 2.52 bits per heavy atom. The Bertz CT molecular complexity index is 756. The molecule has 3 nitrogen and oxygen atoms in total. The summed E-state index contributed by atoms with van der Waals surface area (Å²) in [7, 11) is 1.47. The Balaban J connectivity index is 2.22. The van der Waals surface area contributed by atoms with E-state index in [4.69, 9.17) is 27.0 Å². The Labute approximate surface area is 131 Å². The van der Waals surface area contributed by atoms with Crippen LogP contribution in [0.15, 0.2) is 41.3 Å². The summed E-state index contributed by atoms with van der Waals surface area (Å²) in [5, 5.41) is 0.271. The molecule has 0 aromatic heterocycles. The fraction of sp³-hybridized carbons (Fsp3) is 0.143. The molecule has 2 aromatic carbocycles. The van der Waals surface area contributed by atoms with Crippen molar-refractivity contribution in [2.45, 2.75) is 18.4 Å². The molecular weight excluding hydrogens is 338 g/mol. The number of hydrogen-bond acceptors (Lipinski definition) is 3. The van der Waals surface area contributed by atoms with Crippen molar-refractivity contribution in [2.24, 2.45) is 0 Å². The topological polar surface area (TPSA) is 43.4 Å². The van der Waals surface area contributed by atoms with Gasteiger partial charge in [0.05, 0.1) is 9.92 Å². The first kappa shape index (κ1) is 16.1. The highest BCUT2D eigenvalue weighted by Gasteiger charge is 2.13. The average Bonchev–Trinajstić information content (AvgIpc) is 2.38. The Morgan fingerprint density at radius 1 is 1.24 bits per heavy atom. The van der Waals surface area contributed by atoms with Crippen LogP contribution in [0.1, 0.15) is 11.1 Å². The standard InChI is InChI=1S/C14H11Cl2FO3S/c1-9-7-10(21(16,18)19)5-6-14(9)20-8-11-12(15)3-2-4-13(11)17/h2-7H,8H2,1H3. The second kappa shape index (κ2) is 6.22. The average molecular weight is 349 g/mol. The smallest absolute Gasteiger partial charge is 0.261 e. The maximum Gasteiger partial charge on any atom is 0.261 e. The van der Waals surface area contributed by atoms with Gasteiger partial charge in [-0.15, -0.1) is 0 Å². The van der Waals surface area contributed by atoms with Crippen molar-refractivity contribution < 1.29 is 17.5 Å². The zero-order valence-electron chi connectivity index (χ0n) is 10.9. The van der Waals surface area contributed by atoms with Crippen LogP contribution in [0.2, 0.25) is 5.02 Å². The predicted octanol–water partition coefficient (Wildman–Crippen LogP) is 4.29. The van der Waals surface area contributed by atoms with Crippen LogP contribution in [0.5, 0.6) is 5.75 Å². The van der Waals surface area contributed by atoms with Crippen LogP contribution in [0.25, 0.3) is 0 Å². The van der Waals surface area contributed by atoms with Crippen molar-refractivity contribution in [1.82, 2.24) is 0 Å². The molecule has 2 aromatic rings. The van der Waals surface area contributed by atoms with E-state index in [0.717, 1.165) is 0 Å². The highest BCUT2D eigenvalue weighted by atomic mass is 35.7. The van der Waals surface area contributed by atoms with Gasteiger partial charge in [0.15, 0.2) is 0 Å². The van der Waals surface area contributed by atoms with E-state index >= 15 is 0 Å². The highest BCUT2D eigenvalue weighted by Crippen LogP contribution is 2.26. The first-order chi connectivity index (χ1) is 9.79. The van der Waals surface area contributed by atoms with Gasteiger partial charge in [-0.1, -0.05) is 17.7 Å². The van der Waals surface area contributed by atoms with Gasteiger partial charge in [-0.3, -0.25) is 0 Å². The minimum atomic E-state index is -3.79. The summed E-state index contributed by atoms with van der Waals surface area (Å²) in [6.45, 7) is 1.61. The lowest BCUT2D eigenvalue weighted by Gasteiger charge is -2.11. The number of ether oxygens (including phenoxy) is 1. The second-order valence-corrected chi connectivity index (χ2v) is 7.33. The molecule has 0 spiro atoms. The highest BCUT2D eigenvalue weighted by molar-refractivity contribution is 8.13. The van der Waals surface area contributed by atoms with Gasteiger partial charge in [0.25, 0.3) is 9.05 Å². The van der Waals surface area contributed by atoms with Crippen LogP contribution >= 0.6 is 22.3 Å². The molecule has 0 fully saturated rings. The van der Waals surface area contributed by atoms with Gasteiger partial charge >= 0.3 is 0 Å². The van der Waals surface area contributed by atoms with Crippen molar-refractivity contribution in [3.05, 3.63) is 58.4 Å². The van der Waals surface area contributed by atoms with E-state index in [-0.39, 0.29) is 22.1 Å². The molecule has 21 heavy (non-hydrogen) atoms. The molecular formula is C14H11Cl2FO3S. The van der Waals surface area contributed by atoms with Crippen LogP contribution in [-0.4, -0.2) is 8.42 Å². The van der Waals surface area contributed by atoms with E-state index in [1.54, 1.807) is 13.0 Å². The third kappa shape index (κ3) is 3.87. The third-order valence-corrected chi connectivity index (χ3v) is 4.57.